The molecule has 5 fully saturated rings. The zero-order chi connectivity index (χ0) is 16.5. The summed E-state index contributed by atoms with van der Waals surface area (Å²) in [6, 6.07) is 0. The first-order chi connectivity index (χ1) is 10.7. The summed E-state index contributed by atoms with van der Waals surface area (Å²) in [6.07, 6.45) is 6.43. The van der Waals surface area contributed by atoms with Crippen LogP contribution in [0, 0.1) is 23.2 Å². The van der Waals surface area contributed by atoms with Crippen LogP contribution in [-0.4, -0.2) is 28.4 Å². The second-order valence-corrected chi connectivity index (χ2v) is 10.0. The molecule has 5 aliphatic rings. The van der Waals surface area contributed by atoms with Crippen molar-refractivity contribution in [3.05, 3.63) is 0 Å². The number of rotatable bonds is 4. The monoisotopic (exact) mass is 359 g/mol. The van der Waals surface area contributed by atoms with E-state index < -0.39 is 9.75 Å². The van der Waals surface area contributed by atoms with Gasteiger partial charge in [0.15, 0.2) is 0 Å². The fourth-order valence-corrected chi connectivity index (χ4v) is 6.30. The minimum Gasteiger partial charge on any atom is -0.465 e. The summed E-state index contributed by atoms with van der Waals surface area (Å²) in [5, 5.41) is 3.17. The fraction of sp³-hybridized carbons (Fsp3) is 0.882. The van der Waals surface area contributed by atoms with E-state index in [1.807, 2.05) is 0 Å². The lowest BCUT2D eigenvalue weighted by molar-refractivity contribution is -0.176. The molecule has 5 saturated carbocycles. The van der Waals surface area contributed by atoms with Gasteiger partial charge in [0.05, 0.1) is 12.0 Å². The van der Waals surface area contributed by atoms with Gasteiger partial charge in [0.1, 0.15) is 4.33 Å². The van der Waals surface area contributed by atoms with Crippen LogP contribution in [0.1, 0.15) is 51.9 Å². The molecule has 23 heavy (non-hydrogen) atoms. The van der Waals surface area contributed by atoms with Crippen molar-refractivity contribution in [2.45, 2.75) is 61.7 Å². The quantitative estimate of drug-likeness (QED) is 0.619. The molecule has 1 N–H and O–H groups in total. The Morgan fingerprint density at radius 3 is 2.26 bits per heavy atom. The summed E-state index contributed by atoms with van der Waals surface area (Å²) in [6.45, 7) is 1.88. The van der Waals surface area contributed by atoms with Gasteiger partial charge in [-0.3, -0.25) is 9.59 Å². The van der Waals surface area contributed by atoms with Gasteiger partial charge in [0.25, 0.3) is 0 Å². The normalized spacial score (nSPS) is 45.6. The first kappa shape index (κ1) is 16.0. The van der Waals surface area contributed by atoms with Gasteiger partial charge in [0.2, 0.25) is 5.91 Å². The minimum atomic E-state index is -0.709. The average Bonchev–Trinajstić information content (AvgIpc) is 3.00. The number of hydrogen-bond acceptors (Lipinski definition) is 3. The number of carbonyl (C=O) groups excluding carboxylic acids is 2. The number of amides is 1. The fourth-order valence-electron chi connectivity index (χ4n) is 5.80. The van der Waals surface area contributed by atoms with Crippen LogP contribution in [0.4, 0.5) is 0 Å². The molecule has 0 spiro atoms. The predicted molar refractivity (Wildman–Crippen MR) is 87.2 cm³/mol. The zero-order valence-corrected chi connectivity index (χ0v) is 14.9. The van der Waals surface area contributed by atoms with Crippen LogP contribution in [0.2, 0.25) is 0 Å². The molecule has 0 aliphatic heterocycles. The van der Waals surface area contributed by atoms with Gasteiger partial charge in [-0.15, -0.1) is 23.2 Å². The van der Waals surface area contributed by atoms with E-state index in [-0.39, 0.29) is 23.3 Å². The zero-order valence-electron chi connectivity index (χ0n) is 13.4. The SMILES string of the molecule is CC(=O)NC12CC3CC(C1)CC(C(=O)OCC1CC1(Cl)Cl)(C3)C2. The summed E-state index contributed by atoms with van der Waals surface area (Å²) < 4.78 is 4.91. The summed E-state index contributed by atoms with van der Waals surface area (Å²) in [7, 11) is 0. The summed E-state index contributed by atoms with van der Waals surface area (Å²) in [4.78, 5) is 24.5. The Kier molecular flexibility index (Phi) is 3.49. The molecule has 0 radical (unpaired) electrons. The smallest absolute Gasteiger partial charge is 0.312 e. The van der Waals surface area contributed by atoms with E-state index in [1.165, 1.54) is 6.42 Å². The van der Waals surface area contributed by atoms with E-state index >= 15 is 0 Å². The highest BCUT2D eigenvalue weighted by atomic mass is 35.5. The van der Waals surface area contributed by atoms with Gasteiger partial charge in [-0.1, -0.05) is 0 Å². The van der Waals surface area contributed by atoms with E-state index in [4.69, 9.17) is 27.9 Å². The van der Waals surface area contributed by atoms with Gasteiger partial charge >= 0.3 is 5.97 Å². The number of nitrogens with one attached hydrogen (secondary N) is 1. The Morgan fingerprint density at radius 1 is 1.13 bits per heavy atom. The van der Waals surface area contributed by atoms with Crippen molar-refractivity contribution in [3.8, 4) is 0 Å². The van der Waals surface area contributed by atoms with Crippen molar-refractivity contribution < 1.29 is 14.3 Å². The predicted octanol–water partition coefficient (Wildman–Crippen LogP) is 3.20. The summed E-state index contributed by atoms with van der Waals surface area (Å²) >= 11 is 12.0. The van der Waals surface area contributed by atoms with E-state index in [0.29, 0.717) is 24.9 Å². The second-order valence-electron chi connectivity index (χ2n) is 8.46. The van der Waals surface area contributed by atoms with Crippen LogP contribution < -0.4 is 5.32 Å². The summed E-state index contributed by atoms with van der Waals surface area (Å²) in [5.74, 6) is 1.02. The van der Waals surface area contributed by atoms with Crippen molar-refractivity contribution >= 4 is 35.1 Å². The highest BCUT2D eigenvalue weighted by Gasteiger charge is 2.62. The Labute approximate surface area is 146 Å². The largest absolute Gasteiger partial charge is 0.465 e. The Bertz CT molecular complexity index is 548. The van der Waals surface area contributed by atoms with Crippen molar-refractivity contribution in [2.24, 2.45) is 23.2 Å². The third-order valence-corrected chi connectivity index (χ3v) is 7.23. The first-order valence-electron chi connectivity index (χ1n) is 8.56. The van der Waals surface area contributed by atoms with Crippen LogP contribution >= 0.6 is 23.2 Å². The standard InChI is InChI=1S/C17H23Cl2NO3/c1-10(21)20-16-5-11-2-12(6-16)4-15(3-11,9-16)14(22)23-8-13-7-17(13,18)19/h11-13H,2-9H2,1H3,(H,20,21). The summed E-state index contributed by atoms with van der Waals surface area (Å²) in [5.41, 5.74) is -0.611. The van der Waals surface area contributed by atoms with Crippen LogP contribution in [0.3, 0.4) is 0 Å². The molecule has 0 aromatic heterocycles. The van der Waals surface area contributed by atoms with Crippen molar-refractivity contribution in [3.63, 3.8) is 0 Å². The number of hydrogen-bond donors (Lipinski definition) is 1. The Hall–Kier alpha value is -0.480. The van der Waals surface area contributed by atoms with Crippen molar-refractivity contribution in [1.82, 2.24) is 5.32 Å². The minimum absolute atomic E-state index is 0.00233. The molecule has 1 amide bonds. The molecule has 0 aromatic carbocycles. The molecule has 3 atom stereocenters. The molecule has 4 bridgehead atoms. The number of alkyl halides is 2. The molecule has 5 rings (SSSR count). The van der Waals surface area contributed by atoms with Gasteiger partial charge in [0, 0.05) is 18.4 Å². The highest BCUT2D eigenvalue weighted by Crippen LogP contribution is 2.62. The molecule has 4 nitrogen and oxygen atoms in total. The van der Waals surface area contributed by atoms with Gasteiger partial charge < -0.3 is 10.1 Å². The van der Waals surface area contributed by atoms with Crippen LogP contribution in [-0.2, 0) is 14.3 Å². The highest BCUT2D eigenvalue weighted by molar-refractivity contribution is 6.50. The maximum atomic E-state index is 12.8. The van der Waals surface area contributed by atoms with Crippen LogP contribution in [0.15, 0.2) is 0 Å². The average molecular weight is 360 g/mol. The number of halogens is 2. The number of esters is 1. The molecule has 0 saturated heterocycles. The van der Waals surface area contributed by atoms with Gasteiger partial charge in [-0.25, -0.2) is 0 Å². The molecule has 6 heteroatoms. The van der Waals surface area contributed by atoms with Gasteiger partial charge in [-0.2, -0.15) is 0 Å². The van der Waals surface area contributed by atoms with E-state index in [1.54, 1.807) is 6.92 Å². The van der Waals surface area contributed by atoms with Crippen LogP contribution in [0.25, 0.3) is 0 Å². The molecule has 0 heterocycles. The molecule has 128 valence electrons. The van der Waals surface area contributed by atoms with Crippen LogP contribution in [0.5, 0.6) is 0 Å². The third-order valence-electron chi connectivity index (χ3n) is 6.31. The molecule has 5 aliphatic carbocycles. The Balaban J connectivity index is 1.48. The molecule has 3 unspecified atom stereocenters. The second kappa shape index (κ2) is 5.01. The maximum absolute atomic E-state index is 12.8. The lowest BCUT2D eigenvalue weighted by atomic mass is 9.47. The third kappa shape index (κ3) is 2.76. The van der Waals surface area contributed by atoms with Gasteiger partial charge in [-0.05, 0) is 56.8 Å². The van der Waals surface area contributed by atoms with Crippen molar-refractivity contribution in [1.29, 1.82) is 0 Å². The number of ether oxygens (including phenoxy) is 1. The lowest BCUT2D eigenvalue weighted by Gasteiger charge is -2.60. The lowest BCUT2D eigenvalue weighted by Crippen LogP contribution is -2.64. The topological polar surface area (TPSA) is 55.4 Å². The van der Waals surface area contributed by atoms with E-state index in [9.17, 15) is 9.59 Å². The maximum Gasteiger partial charge on any atom is 0.312 e. The molecule has 0 aromatic rings. The molecular formula is C17H23Cl2NO3. The first-order valence-corrected chi connectivity index (χ1v) is 9.31. The number of carbonyl (C=O) groups is 2. The van der Waals surface area contributed by atoms with E-state index in [2.05, 4.69) is 5.32 Å². The van der Waals surface area contributed by atoms with E-state index in [0.717, 1.165) is 32.1 Å². The molecular weight excluding hydrogens is 337 g/mol. The van der Waals surface area contributed by atoms with Crippen molar-refractivity contribution in [2.75, 3.05) is 6.61 Å². The Morgan fingerprint density at radius 2 is 1.74 bits per heavy atom.